The molecule has 0 aliphatic heterocycles. The van der Waals surface area contributed by atoms with Gasteiger partial charge in [0.15, 0.2) is 0 Å². The Morgan fingerprint density at radius 3 is 2.42 bits per heavy atom. The van der Waals surface area contributed by atoms with Gasteiger partial charge in [-0.3, -0.25) is 0 Å². The smallest absolute Gasteiger partial charge is 0.355 e. The predicted molar refractivity (Wildman–Crippen MR) is 91.3 cm³/mol. The molecule has 0 saturated heterocycles. The molecule has 0 amide bonds. The van der Waals surface area contributed by atoms with Gasteiger partial charge in [-0.1, -0.05) is 30.3 Å². The normalized spacial score (nSPS) is 11.5. The standard InChI is InChI=1S/C17H22N2O4S/c1-5-23-17(20)15-12(2)16(13(3)19(15)4)24(21,22)18-11-14-9-7-6-8-10-14/h6-10,18H,5,11H2,1-4H3. The number of sulfonamides is 1. The molecule has 0 aliphatic rings. The lowest BCUT2D eigenvalue weighted by molar-refractivity contribution is 0.0514. The largest absolute Gasteiger partial charge is 0.461 e. The van der Waals surface area contributed by atoms with Crippen LogP contribution in [0.3, 0.4) is 0 Å². The Morgan fingerprint density at radius 2 is 1.83 bits per heavy atom. The Morgan fingerprint density at radius 1 is 1.21 bits per heavy atom. The molecule has 0 fully saturated rings. The Kier molecular flexibility index (Phi) is 5.46. The van der Waals surface area contributed by atoms with Crippen LogP contribution in [0, 0.1) is 13.8 Å². The first kappa shape index (κ1) is 18.2. The van der Waals surface area contributed by atoms with Crippen molar-refractivity contribution in [3.63, 3.8) is 0 Å². The van der Waals surface area contributed by atoms with E-state index in [9.17, 15) is 13.2 Å². The van der Waals surface area contributed by atoms with Gasteiger partial charge in [-0.2, -0.15) is 0 Å². The van der Waals surface area contributed by atoms with Gasteiger partial charge in [0.2, 0.25) is 10.0 Å². The van der Waals surface area contributed by atoms with Crippen molar-refractivity contribution in [1.82, 2.24) is 9.29 Å². The fourth-order valence-corrected chi connectivity index (χ4v) is 4.21. The van der Waals surface area contributed by atoms with E-state index in [1.54, 1.807) is 32.4 Å². The van der Waals surface area contributed by atoms with E-state index in [0.717, 1.165) is 5.56 Å². The zero-order valence-corrected chi connectivity index (χ0v) is 15.1. The Labute approximate surface area is 142 Å². The zero-order chi connectivity index (χ0) is 17.9. The third-order valence-corrected chi connectivity index (χ3v) is 5.57. The monoisotopic (exact) mass is 350 g/mol. The molecule has 24 heavy (non-hydrogen) atoms. The highest BCUT2D eigenvalue weighted by Gasteiger charge is 2.29. The van der Waals surface area contributed by atoms with Crippen molar-refractivity contribution in [3.05, 3.63) is 52.8 Å². The number of rotatable bonds is 6. The Hall–Kier alpha value is -2.12. The minimum Gasteiger partial charge on any atom is -0.461 e. The number of ether oxygens (including phenoxy) is 1. The van der Waals surface area contributed by atoms with E-state index < -0.39 is 16.0 Å². The molecule has 2 rings (SSSR count). The summed E-state index contributed by atoms with van der Waals surface area (Å²) in [5.41, 5.74) is 2.01. The van der Waals surface area contributed by atoms with E-state index in [-0.39, 0.29) is 23.7 Å². The van der Waals surface area contributed by atoms with Crippen molar-refractivity contribution in [3.8, 4) is 0 Å². The van der Waals surface area contributed by atoms with E-state index in [2.05, 4.69) is 4.72 Å². The maximum absolute atomic E-state index is 12.7. The maximum atomic E-state index is 12.7. The van der Waals surface area contributed by atoms with Gasteiger partial charge in [-0.15, -0.1) is 0 Å². The number of nitrogens with one attached hydrogen (secondary N) is 1. The van der Waals surface area contributed by atoms with Crippen LogP contribution < -0.4 is 4.72 Å². The average Bonchev–Trinajstić information content (AvgIpc) is 2.77. The summed E-state index contributed by atoms with van der Waals surface area (Å²) < 4.78 is 34.6. The molecular formula is C17H22N2O4S. The van der Waals surface area contributed by atoms with Crippen LogP contribution in [0.25, 0.3) is 0 Å². The molecule has 0 atom stereocenters. The van der Waals surface area contributed by atoms with Gasteiger partial charge in [0, 0.05) is 24.8 Å². The van der Waals surface area contributed by atoms with Gasteiger partial charge in [-0.25, -0.2) is 17.9 Å². The first-order chi connectivity index (χ1) is 11.3. The van der Waals surface area contributed by atoms with Crippen LogP contribution in [-0.2, 0) is 28.4 Å². The highest BCUT2D eigenvalue weighted by Crippen LogP contribution is 2.26. The lowest BCUT2D eigenvalue weighted by Gasteiger charge is -2.08. The molecule has 6 nitrogen and oxygen atoms in total. The van der Waals surface area contributed by atoms with Gasteiger partial charge < -0.3 is 9.30 Å². The van der Waals surface area contributed by atoms with Crippen molar-refractivity contribution < 1.29 is 17.9 Å². The average molecular weight is 350 g/mol. The van der Waals surface area contributed by atoms with Crippen molar-refractivity contribution in [2.45, 2.75) is 32.2 Å². The molecule has 0 saturated carbocycles. The molecule has 1 heterocycles. The SMILES string of the molecule is CCOC(=O)c1c(C)c(S(=O)(=O)NCc2ccccc2)c(C)n1C. The van der Waals surface area contributed by atoms with Gasteiger partial charge in [0.05, 0.1) is 6.61 Å². The van der Waals surface area contributed by atoms with Gasteiger partial charge >= 0.3 is 5.97 Å². The second-order valence-corrected chi connectivity index (χ2v) is 7.18. The third-order valence-electron chi connectivity index (χ3n) is 3.91. The second-order valence-electron chi connectivity index (χ2n) is 5.48. The minimum atomic E-state index is -3.75. The van der Waals surface area contributed by atoms with E-state index in [4.69, 9.17) is 4.74 Å². The highest BCUT2D eigenvalue weighted by molar-refractivity contribution is 7.89. The molecule has 1 aromatic carbocycles. The molecule has 0 radical (unpaired) electrons. The van der Waals surface area contributed by atoms with Crippen LogP contribution >= 0.6 is 0 Å². The van der Waals surface area contributed by atoms with E-state index >= 15 is 0 Å². The number of carbonyl (C=O) groups is 1. The third kappa shape index (κ3) is 3.52. The summed E-state index contributed by atoms with van der Waals surface area (Å²) in [5.74, 6) is -0.523. The van der Waals surface area contributed by atoms with Crippen LogP contribution in [0.15, 0.2) is 35.2 Å². The molecule has 0 unspecified atom stereocenters. The number of aromatic nitrogens is 1. The van der Waals surface area contributed by atoms with Crippen LogP contribution in [-0.4, -0.2) is 25.6 Å². The number of hydrogen-bond acceptors (Lipinski definition) is 4. The zero-order valence-electron chi connectivity index (χ0n) is 14.3. The van der Waals surface area contributed by atoms with Crippen LogP contribution in [0.4, 0.5) is 0 Å². The summed E-state index contributed by atoms with van der Waals surface area (Å²) in [4.78, 5) is 12.2. The summed E-state index contributed by atoms with van der Waals surface area (Å²) in [6.07, 6.45) is 0. The molecule has 0 bridgehead atoms. The van der Waals surface area contributed by atoms with Crippen LogP contribution in [0.1, 0.15) is 34.2 Å². The predicted octanol–water partition coefficient (Wildman–Crippen LogP) is 2.30. The van der Waals surface area contributed by atoms with Gasteiger partial charge in [-0.05, 0) is 26.3 Å². The first-order valence-corrected chi connectivity index (χ1v) is 9.14. The molecule has 0 aliphatic carbocycles. The number of hydrogen-bond donors (Lipinski definition) is 1. The molecule has 0 spiro atoms. The summed E-state index contributed by atoms with van der Waals surface area (Å²) in [5, 5.41) is 0. The fourth-order valence-electron chi connectivity index (χ4n) is 2.68. The minimum absolute atomic E-state index is 0.129. The molecule has 2 aromatic rings. The Bertz CT molecular complexity index is 839. The van der Waals surface area contributed by atoms with Crippen molar-refractivity contribution >= 4 is 16.0 Å². The lowest BCUT2D eigenvalue weighted by Crippen LogP contribution is -2.24. The summed E-state index contributed by atoms with van der Waals surface area (Å²) in [6.45, 7) is 5.42. The van der Waals surface area contributed by atoms with Gasteiger partial charge in [0.1, 0.15) is 10.6 Å². The molecule has 1 N–H and O–H groups in total. The topological polar surface area (TPSA) is 77.4 Å². The van der Waals surface area contributed by atoms with E-state index in [0.29, 0.717) is 11.3 Å². The highest BCUT2D eigenvalue weighted by atomic mass is 32.2. The van der Waals surface area contributed by atoms with Crippen LogP contribution in [0.2, 0.25) is 0 Å². The van der Waals surface area contributed by atoms with Crippen molar-refractivity contribution in [1.29, 1.82) is 0 Å². The first-order valence-electron chi connectivity index (χ1n) is 7.66. The molecule has 7 heteroatoms. The fraction of sp³-hybridized carbons (Fsp3) is 0.353. The summed E-state index contributed by atoms with van der Waals surface area (Å²) in [6, 6.07) is 9.26. The van der Waals surface area contributed by atoms with Crippen molar-refractivity contribution in [2.24, 2.45) is 7.05 Å². The second kappa shape index (κ2) is 7.19. The number of benzene rings is 1. The Balaban J connectivity index is 2.37. The number of carbonyl (C=O) groups excluding carboxylic acids is 1. The van der Waals surface area contributed by atoms with E-state index in [1.165, 1.54) is 0 Å². The van der Waals surface area contributed by atoms with Crippen molar-refractivity contribution in [2.75, 3.05) is 6.61 Å². The lowest BCUT2D eigenvalue weighted by atomic mass is 10.2. The molecular weight excluding hydrogens is 328 g/mol. The number of nitrogens with zero attached hydrogens (tertiary/aromatic N) is 1. The molecule has 1 aromatic heterocycles. The maximum Gasteiger partial charge on any atom is 0.355 e. The quantitative estimate of drug-likeness (QED) is 0.811. The van der Waals surface area contributed by atoms with E-state index in [1.807, 2.05) is 30.3 Å². The van der Waals surface area contributed by atoms with Gasteiger partial charge in [0.25, 0.3) is 0 Å². The molecule has 130 valence electrons. The number of esters is 1. The summed E-state index contributed by atoms with van der Waals surface area (Å²) >= 11 is 0. The van der Waals surface area contributed by atoms with Crippen LogP contribution in [0.5, 0.6) is 0 Å². The summed E-state index contributed by atoms with van der Waals surface area (Å²) in [7, 11) is -2.09.